The van der Waals surface area contributed by atoms with E-state index < -0.39 is 42.1 Å². The Kier molecular flexibility index (Phi) is 6.39. The lowest BCUT2D eigenvalue weighted by Crippen LogP contribution is -2.46. The first-order chi connectivity index (χ1) is 10.3. The molecule has 0 atom stereocenters. The van der Waals surface area contributed by atoms with Crippen molar-refractivity contribution in [2.24, 2.45) is 0 Å². The summed E-state index contributed by atoms with van der Waals surface area (Å²) < 4.78 is 70.4. The van der Waals surface area contributed by atoms with E-state index in [0.29, 0.717) is 3.57 Å². The van der Waals surface area contributed by atoms with Crippen LogP contribution in [-0.4, -0.2) is 30.8 Å². The normalized spacial score (nSPS) is 12.0. The van der Waals surface area contributed by atoms with Crippen molar-refractivity contribution in [3.8, 4) is 5.75 Å². The van der Waals surface area contributed by atoms with Crippen molar-refractivity contribution in [2.45, 2.75) is 12.3 Å². The predicted molar refractivity (Wildman–Crippen MR) is 78.8 cm³/mol. The molecule has 0 amide bonds. The molecule has 0 N–H and O–H groups in total. The molecule has 1 rings (SSSR count). The van der Waals surface area contributed by atoms with Crippen LogP contribution < -0.4 is 9.84 Å². The second-order valence-corrected chi connectivity index (χ2v) is 6.27. The van der Waals surface area contributed by atoms with E-state index >= 15 is 0 Å². The number of carboxylic acids is 1. The lowest BCUT2D eigenvalue weighted by atomic mass is 10.2. The number of ether oxygens (including phenoxy) is 2. The Morgan fingerprint density at radius 2 is 1.70 bits per heavy atom. The third kappa shape index (κ3) is 5.89. The number of rotatable bonds is 5. The third-order valence-corrected chi connectivity index (χ3v) is 3.49. The fraction of sp³-hybridized carbons (Fsp3) is 0.273. The number of carbonyl (C=O) groups excluding carboxylic acids is 2. The molecule has 128 valence electrons. The van der Waals surface area contributed by atoms with Gasteiger partial charge in [-0.25, -0.2) is 4.79 Å². The molecule has 0 saturated heterocycles. The van der Waals surface area contributed by atoms with Gasteiger partial charge < -0.3 is 19.4 Å². The van der Waals surface area contributed by atoms with E-state index in [4.69, 9.17) is 0 Å². The number of aliphatic carboxylic acids is 1. The molecule has 5 nitrogen and oxygen atoms in total. The van der Waals surface area contributed by atoms with Crippen LogP contribution in [-0.2, 0) is 9.53 Å². The summed E-state index contributed by atoms with van der Waals surface area (Å²) in [4.78, 5) is 21.9. The minimum absolute atomic E-state index is 0.130. The number of benzene rings is 1. The second-order valence-electron chi connectivity index (χ2n) is 3.86. The maximum Gasteiger partial charge on any atom is 0.441 e. The molecule has 0 spiro atoms. The highest BCUT2D eigenvalue weighted by atomic mass is 127. The summed E-state index contributed by atoms with van der Waals surface area (Å²) in [5, 5.41) is 10.3. The maximum absolute atomic E-state index is 13.1. The maximum atomic E-state index is 13.1. The number of esters is 1. The zero-order chi connectivity index (χ0) is 18.0. The van der Waals surface area contributed by atoms with Gasteiger partial charge in [0.2, 0.25) is 0 Å². The van der Waals surface area contributed by atoms with Gasteiger partial charge in [0.25, 0.3) is 0 Å². The van der Waals surface area contributed by atoms with Gasteiger partial charge in [-0.2, -0.15) is 22.0 Å². The Labute approximate surface area is 152 Å². The minimum Gasteiger partial charge on any atom is -0.541 e. The van der Waals surface area contributed by atoms with Crippen LogP contribution in [0.2, 0.25) is 0 Å². The molecule has 0 fully saturated rings. The first-order valence-corrected chi connectivity index (χ1v) is 7.50. The number of alkyl halides is 5. The molecule has 0 aliphatic carbocycles. The number of carbonyl (C=O) groups is 2. The van der Waals surface area contributed by atoms with Crippen molar-refractivity contribution in [2.75, 3.05) is 6.61 Å². The van der Waals surface area contributed by atoms with Gasteiger partial charge in [-0.3, -0.25) is 0 Å². The molecular formula is C11H4F5I2O5-. The number of hydrogen-bond acceptors (Lipinski definition) is 5. The van der Waals surface area contributed by atoms with Gasteiger partial charge in [-0.05, 0) is 57.3 Å². The van der Waals surface area contributed by atoms with Gasteiger partial charge in [0.1, 0.15) is 5.56 Å². The van der Waals surface area contributed by atoms with Gasteiger partial charge in [0, 0.05) is 3.57 Å². The molecule has 1 aromatic carbocycles. The van der Waals surface area contributed by atoms with Crippen LogP contribution in [0.1, 0.15) is 10.4 Å². The van der Waals surface area contributed by atoms with Gasteiger partial charge in [-0.1, -0.05) is 0 Å². The molecular weight excluding hydrogens is 561 g/mol. The number of carboxylic acid groups (broad SMARTS) is 1. The first-order valence-electron chi connectivity index (χ1n) is 5.34. The zero-order valence-electron chi connectivity index (χ0n) is 10.5. The van der Waals surface area contributed by atoms with Crippen LogP contribution in [0.4, 0.5) is 22.0 Å². The summed E-state index contributed by atoms with van der Waals surface area (Å²) in [5.41, 5.74) is -0.772. The topological polar surface area (TPSA) is 75.7 Å². The molecule has 0 heterocycles. The highest BCUT2D eigenvalue weighted by Crippen LogP contribution is 2.33. The largest absolute Gasteiger partial charge is 0.541 e. The van der Waals surface area contributed by atoms with E-state index in [0.717, 1.165) is 6.07 Å². The quantitative estimate of drug-likeness (QED) is 0.312. The SMILES string of the molecule is O=C(OCC(F)(F)F)c1cc(I)cc(I)c1OC(F)(F)C(=O)[O-]. The monoisotopic (exact) mass is 565 g/mol. The van der Waals surface area contributed by atoms with Crippen molar-refractivity contribution >= 4 is 57.1 Å². The summed E-state index contributed by atoms with van der Waals surface area (Å²) >= 11 is 3.12. The van der Waals surface area contributed by atoms with Crippen LogP contribution in [0.5, 0.6) is 5.75 Å². The Balaban J connectivity index is 3.20. The van der Waals surface area contributed by atoms with Crippen molar-refractivity contribution < 1.29 is 46.1 Å². The Morgan fingerprint density at radius 3 is 2.17 bits per heavy atom. The smallest absolute Gasteiger partial charge is 0.441 e. The predicted octanol–water partition coefficient (Wildman–Crippen LogP) is 2.34. The Hall–Kier alpha value is -0.930. The van der Waals surface area contributed by atoms with Gasteiger partial charge in [0.05, 0.1) is 3.57 Å². The average molecular weight is 565 g/mol. The van der Waals surface area contributed by atoms with Crippen LogP contribution in [0.25, 0.3) is 0 Å². The molecule has 0 saturated carbocycles. The van der Waals surface area contributed by atoms with Gasteiger partial charge in [-0.15, -0.1) is 0 Å². The second kappa shape index (κ2) is 7.31. The summed E-state index contributed by atoms with van der Waals surface area (Å²) in [6.07, 6.45) is -9.60. The van der Waals surface area contributed by atoms with Crippen LogP contribution in [0.3, 0.4) is 0 Å². The summed E-state index contributed by atoms with van der Waals surface area (Å²) in [6.45, 7) is -1.94. The molecule has 23 heavy (non-hydrogen) atoms. The first kappa shape index (κ1) is 20.1. The van der Waals surface area contributed by atoms with Crippen molar-refractivity contribution in [1.82, 2.24) is 0 Å². The van der Waals surface area contributed by atoms with Crippen molar-refractivity contribution in [3.63, 3.8) is 0 Å². The highest BCUT2D eigenvalue weighted by Gasteiger charge is 2.37. The molecule has 0 aliphatic rings. The molecule has 0 aliphatic heterocycles. The minimum atomic E-state index is -4.82. The average Bonchev–Trinajstić information content (AvgIpc) is 2.37. The summed E-state index contributed by atoms with van der Waals surface area (Å²) in [6, 6.07) is 2.16. The number of hydrogen-bond donors (Lipinski definition) is 0. The van der Waals surface area contributed by atoms with E-state index in [9.17, 15) is 36.6 Å². The summed E-state index contributed by atoms with van der Waals surface area (Å²) in [7, 11) is 0. The van der Waals surface area contributed by atoms with Crippen molar-refractivity contribution in [1.29, 1.82) is 0 Å². The zero-order valence-corrected chi connectivity index (χ0v) is 14.9. The molecule has 0 radical (unpaired) electrons. The van der Waals surface area contributed by atoms with E-state index in [-0.39, 0.29) is 3.57 Å². The van der Waals surface area contributed by atoms with Gasteiger partial charge in [0.15, 0.2) is 18.3 Å². The van der Waals surface area contributed by atoms with E-state index in [1.54, 1.807) is 22.6 Å². The highest BCUT2D eigenvalue weighted by molar-refractivity contribution is 14.1. The standard InChI is InChI=1S/C11H5F5I2O5/c12-10(13,14)3-22-8(19)5-1-4(17)2-6(18)7(5)23-11(15,16)9(20)21/h1-2H,3H2,(H,20,21)/p-1. The molecule has 12 heteroatoms. The fourth-order valence-electron chi connectivity index (χ4n) is 1.21. The Morgan fingerprint density at radius 1 is 1.13 bits per heavy atom. The van der Waals surface area contributed by atoms with Crippen LogP contribution in [0, 0.1) is 7.14 Å². The van der Waals surface area contributed by atoms with E-state index in [1.165, 1.54) is 28.7 Å². The van der Waals surface area contributed by atoms with Crippen molar-refractivity contribution in [3.05, 3.63) is 24.8 Å². The van der Waals surface area contributed by atoms with E-state index in [1.807, 2.05) is 0 Å². The fourth-order valence-corrected chi connectivity index (χ4v) is 3.17. The third-order valence-electron chi connectivity index (χ3n) is 2.06. The van der Waals surface area contributed by atoms with Gasteiger partial charge >= 0.3 is 18.3 Å². The summed E-state index contributed by atoms with van der Waals surface area (Å²) in [5.74, 6) is -5.39. The molecule has 0 unspecified atom stereocenters. The number of halogens is 7. The molecule has 1 aromatic rings. The Bertz CT molecular complexity index is 632. The van der Waals surface area contributed by atoms with E-state index in [2.05, 4.69) is 9.47 Å². The molecule has 0 bridgehead atoms. The molecule has 0 aromatic heterocycles. The van der Waals surface area contributed by atoms with Crippen LogP contribution in [0.15, 0.2) is 12.1 Å². The lowest BCUT2D eigenvalue weighted by molar-refractivity contribution is -0.350. The lowest BCUT2D eigenvalue weighted by Gasteiger charge is -2.21. The van der Waals surface area contributed by atoms with Crippen LogP contribution >= 0.6 is 45.2 Å².